The lowest BCUT2D eigenvalue weighted by Crippen LogP contribution is -2.25. The van der Waals surface area contributed by atoms with Gasteiger partial charge in [0.25, 0.3) is 0 Å². The molecule has 0 fully saturated rings. The molecule has 0 saturated carbocycles. The number of carbonyl (C=O) groups is 1. The zero-order chi connectivity index (χ0) is 12.7. The number of nitrogens with one attached hydrogen (secondary N) is 2. The fourth-order valence-electron chi connectivity index (χ4n) is 1.39. The van der Waals surface area contributed by atoms with Crippen LogP contribution < -0.4 is 10.6 Å². The van der Waals surface area contributed by atoms with Crippen LogP contribution in [-0.4, -0.2) is 19.0 Å². The van der Waals surface area contributed by atoms with E-state index in [4.69, 9.17) is 11.6 Å². The number of rotatable bonds is 6. The van der Waals surface area contributed by atoms with Gasteiger partial charge in [-0.1, -0.05) is 23.7 Å². The van der Waals surface area contributed by atoms with Crippen molar-refractivity contribution in [1.82, 2.24) is 10.6 Å². The quantitative estimate of drug-likeness (QED) is 0.768. The molecule has 5 heteroatoms. The molecule has 94 valence electrons. The summed E-state index contributed by atoms with van der Waals surface area (Å²) in [6.07, 6.45) is 0.807. The molecule has 0 spiro atoms. The molecule has 3 nitrogen and oxygen atoms in total. The Morgan fingerprint density at radius 3 is 2.88 bits per heavy atom. The van der Waals surface area contributed by atoms with E-state index in [-0.39, 0.29) is 16.7 Å². The Balaban J connectivity index is 2.22. The van der Waals surface area contributed by atoms with Crippen molar-refractivity contribution in [2.75, 3.05) is 13.1 Å². The van der Waals surface area contributed by atoms with E-state index >= 15 is 0 Å². The smallest absolute Gasteiger partial charge is 0.216 e. The van der Waals surface area contributed by atoms with Crippen LogP contribution in [-0.2, 0) is 11.3 Å². The summed E-state index contributed by atoms with van der Waals surface area (Å²) in [6, 6.07) is 4.94. The maximum atomic E-state index is 13.5. The highest BCUT2D eigenvalue weighted by Crippen LogP contribution is 2.17. The van der Waals surface area contributed by atoms with Crippen molar-refractivity contribution in [3.8, 4) is 0 Å². The van der Waals surface area contributed by atoms with Crippen LogP contribution in [0.4, 0.5) is 4.39 Å². The maximum Gasteiger partial charge on any atom is 0.216 e. The van der Waals surface area contributed by atoms with Crippen molar-refractivity contribution in [3.63, 3.8) is 0 Å². The summed E-state index contributed by atoms with van der Waals surface area (Å²) in [6.45, 7) is 3.26. The van der Waals surface area contributed by atoms with Crippen LogP contribution in [0.25, 0.3) is 0 Å². The fraction of sp³-hybridized carbons (Fsp3) is 0.417. The van der Waals surface area contributed by atoms with Gasteiger partial charge in [-0.3, -0.25) is 4.79 Å². The molecule has 0 aliphatic carbocycles. The normalized spacial score (nSPS) is 10.3. The van der Waals surface area contributed by atoms with Gasteiger partial charge in [-0.15, -0.1) is 0 Å². The molecule has 0 radical (unpaired) electrons. The van der Waals surface area contributed by atoms with Crippen molar-refractivity contribution < 1.29 is 9.18 Å². The molecule has 0 saturated heterocycles. The standard InChI is InChI=1S/C12H16ClFN2O/c1-9(17)16-7-3-6-15-8-10-4-2-5-11(13)12(10)14/h2,4-5,15H,3,6-8H2,1H3,(H,16,17). The first-order valence-corrected chi connectivity index (χ1v) is 5.87. The van der Waals surface area contributed by atoms with Crippen molar-refractivity contribution in [2.45, 2.75) is 19.9 Å². The van der Waals surface area contributed by atoms with Gasteiger partial charge in [0.15, 0.2) is 0 Å². The second-order valence-corrected chi connectivity index (χ2v) is 4.13. The molecular weight excluding hydrogens is 243 g/mol. The maximum absolute atomic E-state index is 13.5. The summed E-state index contributed by atoms with van der Waals surface area (Å²) < 4.78 is 13.5. The van der Waals surface area contributed by atoms with E-state index in [2.05, 4.69) is 10.6 Å². The second kappa shape index (κ2) is 7.25. The van der Waals surface area contributed by atoms with Crippen LogP contribution in [0.15, 0.2) is 18.2 Å². The van der Waals surface area contributed by atoms with Crippen molar-refractivity contribution in [3.05, 3.63) is 34.6 Å². The molecule has 0 atom stereocenters. The molecule has 1 rings (SSSR count). The van der Waals surface area contributed by atoms with Crippen molar-refractivity contribution in [2.24, 2.45) is 0 Å². The molecule has 17 heavy (non-hydrogen) atoms. The molecule has 0 aliphatic heterocycles. The van der Waals surface area contributed by atoms with Crippen molar-refractivity contribution >= 4 is 17.5 Å². The zero-order valence-corrected chi connectivity index (χ0v) is 10.5. The third kappa shape index (κ3) is 5.15. The van der Waals surface area contributed by atoms with Crippen LogP contribution in [0.3, 0.4) is 0 Å². The summed E-state index contributed by atoms with van der Waals surface area (Å²) >= 11 is 5.66. The van der Waals surface area contributed by atoms with Gasteiger partial charge in [0.05, 0.1) is 5.02 Å². The van der Waals surface area contributed by atoms with Crippen LogP contribution in [0.5, 0.6) is 0 Å². The average molecular weight is 259 g/mol. The van der Waals surface area contributed by atoms with Crippen LogP contribution in [0, 0.1) is 5.82 Å². The predicted octanol–water partition coefficient (Wildman–Crippen LogP) is 2.09. The lowest BCUT2D eigenvalue weighted by Gasteiger charge is -2.07. The van der Waals surface area contributed by atoms with Crippen LogP contribution in [0.2, 0.25) is 5.02 Å². The van der Waals surface area contributed by atoms with E-state index in [0.717, 1.165) is 6.42 Å². The zero-order valence-electron chi connectivity index (χ0n) is 9.72. The molecule has 0 aliphatic rings. The van der Waals surface area contributed by atoms with Gasteiger partial charge in [-0.2, -0.15) is 0 Å². The topological polar surface area (TPSA) is 41.1 Å². The predicted molar refractivity (Wildman–Crippen MR) is 66.4 cm³/mol. The summed E-state index contributed by atoms with van der Waals surface area (Å²) in [5, 5.41) is 5.93. The molecule has 0 aromatic heterocycles. The molecule has 1 amide bonds. The fourth-order valence-corrected chi connectivity index (χ4v) is 1.58. The van der Waals surface area contributed by atoms with E-state index < -0.39 is 0 Å². The third-order valence-corrected chi connectivity index (χ3v) is 2.54. The minimum Gasteiger partial charge on any atom is -0.356 e. The summed E-state index contributed by atoms with van der Waals surface area (Å²) in [4.78, 5) is 10.6. The SMILES string of the molecule is CC(=O)NCCCNCc1cccc(Cl)c1F. The van der Waals surface area contributed by atoms with Gasteiger partial charge in [-0.05, 0) is 19.0 Å². The van der Waals surface area contributed by atoms with Gasteiger partial charge < -0.3 is 10.6 Å². The lowest BCUT2D eigenvalue weighted by atomic mass is 10.2. The van der Waals surface area contributed by atoms with Crippen LogP contribution in [0.1, 0.15) is 18.9 Å². The second-order valence-electron chi connectivity index (χ2n) is 3.73. The Labute approximate surface area is 105 Å². The highest BCUT2D eigenvalue weighted by atomic mass is 35.5. The third-order valence-electron chi connectivity index (χ3n) is 2.25. The Hall–Kier alpha value is -1.13. The van der Waals surface area contributed by atoms with Gasteiger partial charge >= 0.3 is 0 Å². The van der Waals surface area contributed by atoms with E-state index in [1.807, 2.05) is 0 Å². The number of carbonyl (C=O) groups excluding carboxylic acids is 1. The monoisotopic (exact) mass is 258 g/mol. The molecule has 2 N–H and O–H groups in total. The van der Waals surface area contributed by atoms with Crippen molar-refractivity contribution in [1.29, 1.82) is 0 Å². The van der Waals surface area contributed by atoms with E-state index in [1.165, 1.54) is 13.0 Å². The van der Waals surface area contributed by atoms with E-state index in [0.29, 0.717) is 25.2 Å². The number of hydrogen-bond acceptors (Lipinski definition) is 2. The summed E-state index contributed by atoms with van der Waals surface area (Å²) in [5.41, 5.74) is 0.553. The average Bonchev–Trinajstić information content (AvgIpc) is 2.28. The Bertz CT molecular complexity index is 385. The number of benzene rings is 1. The largest absolute Gasteiger partial charge is 0.356 e. The Morgan fingerprint density at radius 1 is 1.41 bits per heavy atom. The minimum absolute atomic E-state index is 0.0362. The Morgan fingerprint density at radius 2 is 2.18 bits per heavy atom. The molecule has 0 heterocycles. The molecule has 1 aromatic carbocycles. The molecular formula is C12H16ClFN2O. The van der Waals surface area contributed by atoms with Gasteiger partial charge in [0, 0.05) is 25.6 Å². The highest BCUT2D eigenvalue weighted by molar-refractivity contribution is 6.30. The van der Waals surface area contributed by atoms with Gasteiger partial charge in [0.2, 0.25) is 5.91 Å². The molecule has 0 bridgehead atoms. The first-order valence-electron chi connectivity index (χ1n) is 5.49. The number of halogens is 2. The van der Waals surface area contributed by atoms with E-state index in [9.17, 15) is 9.18 Å². The molecule has 0 unspecified atom stereocenters. The number of hydrogen-bond donors (Lipinski definition) is 2. The first-order chi connectivity index (χ1) is 8.11. The van der Waals surface area contributed by atoms with Gasteiger partial charge in [0.1, 0.15) is 5.82 Å². The number of amides is 1. The molecule has 1 aromatic rings. The Kier molecular flexibility index (Phi) is 5.94. The van der Waals surface area contributed by atoms with Gasteiger partial charge in [-0.25, -0.2) is 4.39 Å². The summed E-state index contributed by atoms with van der Waals surface area (Å²) in [5.74, 6) is -0.408. The minimum atomic E-state index is -0.372. The van der Waals surface area contributed by atoms with Crippen LogP contribution >= 0.6 is 11.6 Å². The highest BCUT2D eigenvalue weighted by Gasteiger charge is 2.04. The van der Waals surface area contributed by atoms with E-state index in [1.54, 1.807) is 12.1 Å². The summed E-state index contributed by atoms with van der Waals surface area (Å²) in [7, 11) is 0. The first kappa shape index (κ1) is 13.9. The lowest BCUT2D eigenvalue weighted by molar-refractivity contribution is -0.118.